The Hall–Kier alpha value is -0.610. The van der Waals surface area contributed by atoms with Gasteiger partial charge in [0.2, 0.25) is 5.91 Å². The molecule has 0 radical (unpaired) electrons. The Morgan fingerprint density at radius 1 is 1.35 bits per heavy atom. The molecule has 2 rings (SSSR count). The number of carbonyl (C=O) groups excluding carboxylic acids is 1. The van der Waals surface area contributed by atoms with E-state index in [9.17, 15) is 9.90 Å². The summed E-state index contributed by atoms with van der Waals surface area (Å²) in [6.07, 6.45) is 7.89. The van der Waals surface area contributed by atoms with Crippen molar-refractivity contribution >= 4 is 5.91 Å². The van der Waals surface area contributed by atoms with Crippen LogP contribution in [0, 0.1) is 11.8 Å². The predicted octanol–water partition coefficient (Wildman–Crippen LogP) is 1.82. The first kappa shape index (κ1) is 15.8. The van der Waals surface area contributed by atoms with Crippen LogP contribution in [-0.2, 0) is 4.79 Å². The van der Waals surface area contributed by atoms with Crippen LogP contribution in [0.1, 0.15) is 58.3 Å². The lowest BCUT2D eigenvalue weighted by atomic mass is 9.79. The minimum absolute atomic E-state index is 0.107. The molecule has 1 heterocycles. The van der Waals surface area contributed by atoms with Crippen LogP contribution in [0.5, 0.6) is 0 Å². The highest BCUT2D eigenvalue weighted by molar-refractivity contribution is 5.75. The molecule has 0 bridgehead atoms. The molecule has 1 amide bonds. The number of rotatable bonds is 5. The lowest BCUT2D eigenvalue weighted by molar-refractivity contribution is -0.123. The largest absolute Gasteiger partial charge is 0.388 e. The summed E-state index contributed by atoms with van der Waals surface area (Å²) >= 11 is 0. The number of amides is 1. The summed E-state index contributed by atoms with van der Waals surface area (Å²) in [6.45, 7) is 4.79. The number of piperidine rings is 1. The molecule has 0 aromatic heterocycles. The Balaban J connectivity index is 1.64. The van der Waals surface area contributed by atoms with Crippen LogP contribution in [0.3, 0.4) is 0 Å². The van der Waals surface area contributed by atoms with Crippen molar-refractivity contribution in [3.8, 4) is 0 Å². The third-order valence-electron chi connectivity index (χ3n) is 4.92. The van der Waals surface area contributed by atoms with E-state index < -0.39 is 5.60 Å². The molecule has 0 aromatic rings. The Bertz CT molecular complexity index is 316. The zero-order valence-corrected chi connectivity index (χ0v) is 12.8. The molecule has 0 spiro atoms. The Morgan fingerprint density at radius 3 is 2.80 bits per heavy atom. The summed E-state index contributed by atoms with van der Waals surface area (Å²) in [5, 5.41) is 16.8. The normalized spacial score (nSPS) is 32.0. The molecule has 2 fully saturated rings. The molecule has 20 heavy (non-hydrogen) atoms. The van der Waals surface area contributed by atoms with E-state index >= 15 is 0 Å². The average Bonchev–Trinajstić information content (AvgIpc) is 2.44. The lowest BCUT2D eigenvalue weighted by Gasteiger charge is -2.35. The molecule has 4 heteroatoms. The zero-order chi connectivity index (χ0) is 14.4. The molecule has 2 atom stereocenters. The third kappa shape index (κ3) is 5.06. The third-order valence-corrected chi connectivity index (χ3v) is 4.92. The molecule has 1 aliphatic heterocycles. The van der Waals surface area contributed by atoms with Gasteiger partial charge < -0.3 is 15.7 Å². The summed E-state index contributed by atoms with van der Waals surface area (Å²) < 4.78 is 0. The number of carbonyl (C=O) groups is 1. The van der Waals surface area contributed by atoms with Gasteiger partial charge in [-0.1, -0.05) is 19.8 Å². The summed E-state index contributed by atoms with van der Waals surface area (Å²) in [7, 11) is 0. The first-order valence-corrected chi connectivity index (χ1v) is 8.27. The van der Waals surface area contributed by atoms with E-state index in [4.69, 9.17) is 0 Å². The van der Waals surface area contributed by atoms with E-state index in [0.717, 1.165) is 38.8 Å². The van der Waals surface area contributed by atoms with Crippen LogP contribution >= 0.6 is 0 Å². The van der Waals surface area contributed by atoms with Crippen LogP contribution in [0.25, 0.3) is 0 Å². The molecule has 116 valence electrons. The second-order valence-corrected chi connectivity index (χ2v) is 6.93. The standard InChI is InChI=1S/C16H30N2O2/c1-13-3-2-8-16(20,11-13)12-18-15(19)5-4-14-6-9-17-10-7-14/h13-14,17,20H,2-12H2,1H3,(H,18,19). The molecule has 1 saturated carbocycles. The van der Waals surface area contributed by atoms with Gasteiger partial charge in [0.15, 0.2) is 0 Å². The van der Waals surface area contributed by atoms with Gasteiger partial charge in [-0.15, -0.1) is 0 Å². The van der Waals surface area contributed by atoms with E-state index in [2.05, 4.69) is 17.6 Å². The number of nitrogens with one attached hydrogen (secondary N) is 2. The van der Waals surface area contributed by atoms with Crippen LogP contribution < -0.4 is 10.6 Å². The highest BCUT2D eigenvalue weighted by atomic mass is 16.3. The maximum absolute atomic E-state index is 11.9. The Morgan fingerprint density at radius 2 is 2.10 bits per heavy atom. The maximum atomic E-state index is 11.9. The van der Waals surface area contributed by atoms with Crippen LogP contribution in [0.2, 0.25) is 0 Å². The molecular weight excluding hydrogens is 252 g/mol. The summed E-state index contributed by atoms with van der Waals surface area (Å²) in [5.41, 5.74) is -0.665. The van der Waals surface area contributed by atoms with Gasteiger partial charge in [0.1, 0.15) is 0 Å². The van der Waals surface area contributed by atoms with Gasteiger partial charge in [-0.25, -0.2) is 0 Å². The van der Waals surface area contributed by atoms with E-state index in [-0.39, 0.29) is 5.91 Å². The van der Waals surface area contributed by atoms with E-state index in [1.165, 1.54) is 19.3 Å². The quantitative estimate of drug-likeness (QED) is 0.721. The fourth-order valence-electron chi connectivity index (χ4n) is 3.65. The van der Waals surface area contributed by atoms with Crippen LogP contribution in [-0.4, -0.2) is 36.2 Å². The minimum atomic E-state index is -0.665. The Kier molecular flexibility index (Phi) is 5.85. The molecule has 4 nitrogen and oxygen atoms in total. The SMILES string of the molecule is CC1CCCC(O)(CNC(=O)CCC2CCNCC2)C1. The maximum Gasteiger partial charge on any atom is 0.220 e. The van der Waals surface area contributed by atoms with Gasteiger partial charge in [0, 0.05) is 13.0 Å². The van der Waals surface area contributed by atoms with Gasteiger partial charge >= 0.3 is 0 Å². The molecule has 0 aromatic carbocycles. The highest BCUT2D eigenvalue weighted by Crippen LogP contribution is 2.31. The van der Waals surface area contributed by atoms with Crippen molar-refractivity contribution in [1.82, 2.24) is 10.6 Å². The fourth-order valence-corrected chi connectivity index (χ4v) is 3.65. The van der Waals surface area contributed by atoms with Gasteiger partial charge in [-0.05, 0) is 57.0 Å². The molecule has 1 aliphatic carbocycles. The molecule has 2 aliphatic rings. The number of hydrogen-bond acceptors (Lipinski definition) is 3. The monoisotopic (exact) mass is 282 g/mol. The van der Waals surface area contributed by atoms with Crippen molar-refractivity contribution in [1.29, 1.82) is 0 Å². The first-order chi connectivity index (χ1) is 9.57. The molecule has 2 unspecified atom stereocenters. The summed E-state index contributed by atoms with van der Waals surface area (Å²) in [6, 6.07) is 0. The molecule has 1 saturated heterocycles. The zero-order valence-electron chi connectivity index (χ0n) is 12.8. The van der Waals surface area contributed by atoms with Crippen molar-refractivity contribution in [3.63, 3.8) is 0 Å². The molecule has 3 N–H and O–H groups in total. The second kappa shape index (κ2) is 7.41. The van der Waals surface area contributed by atoms with Gasteiger partial charge in [0.25, 0.3) is 0 Å². The van der Waals surface area contributed by atoms with E-state index in [1.807, 2.05) is 0 Å². The first-order valence-electron chi connectivity index (χ1n) is 8.27. The molecular formula is C16H30N2O2. The predicted molar refractivity (Wildman–Crippen MR) is 80.4 cm³/mol. The van der Waals surface area contributed by atoms with Crippen molar-refractivity contribution < 1.29 is 9.90 Å². The van der Waals surface area contributed by atoms with Crippen molar-refractivity contribution in [2.24, 2.45) is 11.8 Å². The Labute approximate surface area is 122 Å². The van der Waals surface area contributed by atoms with E-state index in [1.54, 1.807) is 0 Å². The van der Waals surface area contributed by atoms with Crippen molar-refractivity contribution in [2.75, 3.05) is 19.6 Å². The lowest BCUT2D eigenvalue weighted by Crippen LogP contribution is -2.45. The second-order valence-electron chi connectivity index (χ2n) is 6.93. The minimum Gasteiger partial charge on any atom is -0.388 e. The summed E-state index contributed by atoms with van der Waals surface area (Å²) in [4.78, 5) is 11.9. The average molecular weight is 282 g/mol. The highest BCUT2D eigenvalue weighted by Gasteiger charge is 2.32. The van der Waals surface area contributed by atoms with Crippen molar-refractivity contribution in [3.05, 3.63) is 0 Å². The van der Waals surface area contributed by atoms with Crippen LogP contribution in [0.15, 0.2) is 0 Å². The van der Waals surface area contributed by atoms with E-state index in [0.29, 0.717) is 24.8 Å². The van der Waals surface area contributed by atoms with Gasteiger partial charge in [-0.2, -0.15) is 0 Å². The smallest absolute Gasteiger partial charge is 0.220 e. The van der Waals surface area contributed by atoms with Gasteiger partial charge in [0.05, 0.1) is 5.60 Å². The van der Waals surface area contributed by atoms with Gasteiger partial charge in [-0.3, -0.25) is 4.79 Å². The van der Waals surface area contributed by atoms with Crippen molar-refractivity contribution in [2.45, 2.75) is 63.9 Å². The topological polar surface area (TPSA) is 61.4 Å². The fraction of sp³-hybridized carbons (Fsp3) is 0.938. The summed E-state index contributed by atoms with van der Waals surface area (Å²) in [5.74, 6) is 1.37. The number of aliphatic hydroxyl groups is 1. The number of hydrogen-bond donors (Lipinski definition) is 3. The van der Waals surface area contributed by atoms with Crippen LogP contribution in [0.4, 0.5) is 0 Å².